The number of halogens is 1. The van der Waals surface area contributed by atoms with Crippen molar-refractivity contribution in [3.63, 3.8) is 0 Å². The van der Waals surface area contributed by atoms with Gasteiger partial charge in [0.15, 0.2) is 0 Å². The number of rotatable bonds is 2. The van der Waals surface area contributed by atoms with Gasteiger partial charge in [-0.3, -0.25) is 15.0 Å². The summed E-state index contributed by atoms with van der Waals surface area (Å²) >= 11 is 6.05. The Balaban J connectivity index is 1.89. The highest BCUT2D eigenvalue weighted by molar-refractivity contribution is 6.30. The fourth-order valence-electron chi connectivity index (χ4n) is 3.68. The predicted molar refractivity (Wildman–Crippen MR) is 114 cm³/mol. The number of aromatic nitrogens is 5. The minimum Gasteiger partial charge on any atom is -0.312 e. The van der Waals surface area contributed by atoms with E-state index in [2.05, 4.69) is 27.1 Å². The maximum absolute atomic E-state index is 8.70. The highest BCUT2D eigenvalue weighted by Gasteiger charge is 2.16. The van der Waals surface area contributed by atoms with Crippen LogP contribution in [0.2, 0.25) is 5.02 Å². The van der Waals surface area contributed by atoms with Gasteiger partial charge in [-0.25, -0.2) is 9.97 Å². The van der Waals surface area contributed by atoms with Gasteiger partial charge in [-0.15, -0.1) is 0 Å². The molecule has 0 radical (unpaired) electrons. The summed E-state index contributed by atoms with van der Waals surface area (Å²) < 4.78 is 3.71. The standard InChI is InChI=1S/C22H17ClN6/c1-13-19(10-25-12-27-13)29-21-17-9-15(14-3-6-16(23)7-4-14)5-8-18(17)26-11-20(21)28(2)22(29)24/h3-12,24H,1-2H3. The summed E-state index contributed by atoms with van der Waals surface area (Å²) in [6, 6.07) is 13.9. The lowest BCUT2D eigenvalue weighted by molar-refractivity contribution is 0.780. The van der Waals surface area contributed by atoms with Gasteiger partial charge >= 0.3 is 0 Å². The van der Waals surface area contributed by atoms with Gasteiger partial charge in [0.05, 0.1) is 40.3 Å². The van der Waals surface area contributed by atoms with E-state index in [1.165, 1.54) is 6.33 Å². The Morgan fingerprint density at radius 1 is 0.966 bits per heavy atom. The van der Waals surface area contributed by atoms with Gasteiger partial charge in [0, 0.05) is 17.5 Å². The Morgan fingerprint density at radius 3 is 2.48 bits per heavy atom. The molecule has 3 aromatic heterocycles. The summed E-state index contributed by atoms with van der Waals surface area (Å²) in [5, 5.41) is 10.4. The van der Waals surface area contributed by atoms with Crippen molar-refractivity contribution in [1.29, 1.82) is 5.41 Å². The van der Waals surface area contributed by atoms with E-state index in [9.17, 15) is 0 Å². The molecular weight excluding hydrogens is 384 g/mol. The molecule has 29 heavy (non-hydrogen) atoms. The molecule has 7 heteroatoms. The number of nitrogens with one attached hydrogen (secondary N) is 1. The first-order valence-corrected chi connectivity index (χ1v) is 9.50. The minimum absolute atomic E-state index is 0.337. The lowest BCUT2D eigenvalue weighted by atomic mass is 10.0. The monoisotopic (exact) mass is 400 g/mol. The third-order valence-electron chi connectivity index (χ3n) is 5.24. The zero-order chi connectivity index (χ0) is 20.1. The van der Waals surface area contributed by atoms with E-state index >= 15 is 0 Å². The van der Waals surface area contributed by atoms with E-state index in [-0.39, 0.29) is 0 Å². The van der Waals surface area contributed by atoms with Crippen molar-refractivity contribution in [2.24, 2.45) is 7.05 Å². The van der Waals surface area contributed by atoms with Gasteiger partial charge in [-0.1, -0.05) is 29.8 Å². The predicted octanol–water partition coefficient (Wildman–Crippen LogP) is 4.42. The van der Waals surface area contributed by atoms with Crippen molar-refractivity contribution in [3.8, 4) is 16.8 Å². The molecule has 6 nitrogen and oxygen atoms in total. The molecule has 0 saturated carbocycles. The van der Waals surface area contributed by atoms with Gasteiger partial charge in [0.2, 0.25) is 5.62 Å². The first kappa shape index (κ1) is 17.6. The van der Waals surface area contributed by atoms with Gasteiger partial charge in [-0.05, 0) is 42.3 Å². The SMILES string of the molecule is Cc1ncncc1-n1c(=N)n(C)c2cnc3ccc(-c4ccc(Cl)cc4)cc3c21. The molecule has 0 aliphatic heterocycles. The van der Waals surface area contributed by atoms with Crippen molar-refractivity contribution < 1.29 is 0 Å². The molecule has 0 fully saturated rings. The number of nitrogens with zero attached hydrogens (tertiary/aromatic N) is 5. The molecule has 5 aromatic rings. The lowest BCUT2D eigenvalue weighted by Gasteiger charge is -2.09. The third-order valence-corrected chi connectivity index (χ3v) is 5.49. The molecule has 2 aromatic carbocycles. The van der Waals surface area contributed by atoms with Crippen molar-refractivity contribution in [3.05, 3.63) is 77.5 Å². The number of hydrogen-bond acceptors (Lipinski definition) is 4. The average molecular weight is 401 g/mol. The van der Waals surface area contributed by atoms with Crippen LogP contribution in [0.5, 0.6) is 0 Å². The van der Waals surface area contributed by atoms with Crippen LogP contribution < -0.4 is 5.62 Å². The Hall–Kier alpha value is -3.51. The molecule has 0 bridgehead atoms. The van der Waals surface area contributed by atoms with Crippen LogP contribution in [0.15, 0.2) is 61.2 Å². The van der Waals surface area contributed by atoms with Crippen LogP contribution in [0, 0.1) is 12.3 Å². The average Bonchev–Trinajstić information content (AvgIpc) is 2.99. The molecule has 0 aliphatic rings. The second-order valence-corrected chi connectivity index (χ2v) is 7.38. The Bertz CT molecular complexity index is 1450. The smallest absolute Gasteiger partial charge is 0.207 e. The number of fused-ring (bicyclic) bond motifs is 3. The molecule has 0 aliphatic carbocycles. The summed E-state index contributed by atoms with van der Waals surface area (Å²) in [6.07, 6.45) is 5.08. The zero-order valence-electron chi connectivity index (χ0n) is 15.9. The lowest BCUT2D eigenvalue weighted by Crippen LogP contribution is -2.22. The van der Waals surface area contributed by atoms with E-state index in [1.54, 1.807) is 6.20 Å². The zero-order valence-corrected chi connectivity index (χ0v) is 16.6. The maximum atomic E-state index is 8.70. The Labute approximate surface area is 171 Å². The molecule has 3 heterocycles. The van der Waals surface area contributed by atoms with Gasteiger partial charge in [0.25, 0.3) is 0 Å². The normalized spacial score (nSPS) is 11.4. The van der Waals surface area contributed by atoms with E-state index in [4.69, 9.17) is 17.0 Å². The van der Waals surface area contributed by atoms with E-state index < -0.39 is 0 Å². The highest BCUT2D eigenvalue weighted by atomic mass is 35.5. The fraction of sp³-hybridized carbons (Fsp3) is 0.0909. The maximum Gasteiger partial charge on any atom is 0.207 e. The van der Waals surface area contributed by atoms with E-state index in [0.717, 1.165) is 44.4 Å². The van der Waals surface area contributed by atoms with E-state index in [1.807, 2.05) is 59.6 Å². The number of pyridine rings is 1. The molecule has 0 unspecified atom stereocenters. The van der Waals surface area contributed by atoms with Gasteiger partial charge < -0.3 is 4.57 Å². The summed E-state index contributed by atoms with van der Waals surface area (Å²) in [5.74, 6) is 0. The second kappa shape index (κ2) is 6.53. The fourth-order valence-corrected chi connectivity index (χ4v) is 3.80. The Kier molecular flexibility index (Phi) is 3.96. The summed E-state index contributed by atoms with van der Waals surface area (Å²) in [6.45, 7) is 1.92. The summed E-state index contributed by atoms with van der Waals surface area (Å²) in [4.78, 5) is 13.1. The quantitative estimate of drug-likeness (QED) is 0.477. The highest BCUT2D eigenvalue weighted by Crippen LogP contribution is 2.30. The van der Waals surface area contributed by atoms with Crippen LogP contribution in [-0.2, 0) is 7.05 Å². The first-order chi connectivity index (χ1) is 14.0. The third kappa shape index (κ3) is 2.72. The first-order valence-electron chi connectivity index (χ1n) is 9.12. The van der Waals surface area contributed by atoms with Crippen LogP contribution in [0.1, 0.15) is 5.69 Å². The largest absolute Gasteiger partial charge is 0.312 e. The van der Waals surface area contributed by atoms with Crippen LogP contribution >= 0.6 is 11.6 Å². The van der Waals surface area contributed by atoms with Crippen LogP contribution in [0.25, 0.3) is 38.8 Å². The van der Waals surface area contributed by atoms with Crippen LogP contribution in [0.3, 0.4) is 0 Å². The van der Waals surface area contributed by atoms with Gasteiger partial charge in [-0.2, -0.15) is 0 Å². The number of benzene rings is 2. The minimum atomic E-state index is 0.337. The van der Waals surface area contributed by atoms with Gasteiger partial charge in [0.1, 0.15) is 6.33 Å². The summed E-state index contributed by atoms with van der Waals surface area (Å²) in [5.41, 5.74) is 6.72. The molecule has 1 N–H and O–H groups in total. The molecular formula is C22H17ClN6. The van der Waals surface area contributed by atoms with Crippen molar-refractivity contribution in [2.75, 3.05) is 0 Å². The molecule has 0 saturated heterocycles. The topological polar surface area (TPSA) is 72.4 Å². The Morgan fingerprint density at radius 2 is 1.72 bits per heavy atom. The molecule has 0 spiro atoms. The second-order valence-electron chi connectivity index (χ2n) is 6.94. The van der Waals surface area contributed by atoms with Crippen LogP contribution in [0.4, 0.5) is 0 Å². The van der Waals surface area contributed by atoms with Crippen molar-refractivity contribution in [2.45, 2.75) is 6.92 Å². The molecule has 0 atom stereocenters. The van der Waals surface area contributed by atoms with Crippen molar-refractivity contribution >= 4 is 33.5 Å². The van der Waals surface area contributed by atoms with Crippen LogP contribution in [-0.4, -0.2) is 24.1 Å². The van der Waals surface area contributed by atoms with Crippen molar-refractivity contribution in [1.82, 2.24) is 24.1 Å². The molecule has 0 amide bonds. The molecule has 142 valence electrons. The molecule has 5 rings (SSSR count). The number of imidazole rings is 1. The number of aryl methyl sites for hydroxylation is 2. The summed E-state index contributed by atoms with van der Waals surface area (Å²) in [7, 11) is 1.87. The number of hydrogen-bond donors (Lipinski definition) is 1. The van der Waals surface area contributed by atoms with E-state index in [0.29, 0.717) is 10.6 Å².